The lowest BCUT2D eigenvalue weighted by Crippen LogP contribution is -2.39. The molecule has 0 amide bonds. The number of nitrogens with one attached hydrogen (secondary N) is 1. The Bertz CT molecular complexity index is 334. The average Bonchev–Trinajstić information content (AvgIpc) is 2.09. The Kier molecular flexibility index (Phi) is 4.69. The molecule has 0 saturated heterocycles. The summed E-state index contributed by atoms with van der Waals surface area (Å²) in [6, 6.07) is 0. The molecule has 0 atom stereocenters. The maximum atomic E-state index is 11.4. The van der Waals surface area contributed by atoms with Gasteiger partial charge < -0.3 is 10.2 Å². The first kappa shape index (κ1) is 13.4. The molecule has 16 heavy (non-hydrogen) atoms. The van der Waals surface area contributed by atoms with Gasteiger partial charge in [-0.3, -0.25) is 4.79 Å². The van der Waals surface area contributed by atoms with Gasteiger partial charge in [0.2, 0.25) is 10.0 Å². The van der Waals surface area contributed by atoms with E-state index in [9.17, 15) is 13.2 Å². The van der Waals surface area contributed by atoms with Crippen molar-refractivity contribution in [3.05, 3.63) is 0 Å². The zero-order chi connectivity index (χ0) is 12.2. The van der Waals surface area contributed by atoms with Crippen molar-refractivity contribution in [3.63, 3.8) is 0 Å². The van der Waals surface area contributed by atoms with Crippen molar-refractivity contribution in [2.75, 3.05) is 12.3 Å². The van der Waals surface area contributed by atoms with Gasteiger partial charge in [0, 0.05) is 13.0 Å². The summed E-state index contributed by atoms with van der Waals surface area (Å²) in [7, 11) is -3.36. The lowest BCUT2D eigenvalue weighted by molar-refractivity contribution is -0.137. The number of hydrogen-bond acceptors (Lipinski definition) is 4. The van der Waals surface area contributed by atoms with Gasteiger partial charge >= 0.3 is 5.97 Å². The van der Waals surface area contributed by atoms with Crippen molar-refractivity contribution in [1.29, 1.82) is 0 Å². The van der Waals surface area contributed by atoms with E-state index in [0.717, 1.165) is 0 Å². The highest BCUT2D eigenvalue weighted by atomic mass is 32.2. The van der Waals surface area contributed by atoms with E-state index in [4.69, 9.17) is 10.2 Å². The molecule has 0 radical (unpaired) electrons. The summed E-state index contributed by atoms with van der Waals surface area (Å²) in [6.07, 6.45) is 0.970. The molecule has 1 rings (SSSR count). The summed E-state index contributed by atoms with van der Waals surface area (Å²) in [5.41, 5.74) is 0. The molecule has 0 aliphatic heterocycles. The van der Waals surface area contributed by atoms with E-state index in [1.165, 1.54) is 0 Å². The fourth-order valence-electron chi connectivity index (χ4n) is 1.60. The second-order valence-corrected chi connectivity index (χ2v) is 6.08. The zero-order valence-electron chi connectivity index (χ0n) is 8.92. The molecule has 1 aliphatic rings. The SMILES string of the molecule is O=C(O)CCCS(=O)(=O)NCC1CC(O)C1. The monoisotopic (exact) mass is 251 g/mol. The van der Waals surface area contributed by atoms with Gasteiger partial charge in [0.05, 0.1) is 11.9 Å². The number of aliphatic hydroxyl groups is 1. The summed E-state index contributed by atoms with van der Waals surface area (Å²) >= 11 is 0. The Morgan fingerprint density at radius 1 is 1.38 bits per heavy atom. The van der Waals surface area contributed by atoms with Crippen LogP contribution in [0.25, 0.3) is 0 Å². The highest BCUT2D eigenvalue weighted by molar-refractivity contribution is 7.89. The van der Waals surface area contributed by atoms with Crippen LogP contribution in [0.4, 0.5) is 0 Å². The Labute approximate surface area is 94.7 Å². The molecule has 7 heteroatoms. The predicted molar refractivity (Wildman–Crippen MR) is 57.4 cm³/mol. The number of carbonyl (C=O) groups is 1. The number of carboxylic acids is 1. The van der Waals surface area contributed by atoms with Crippen molar-refractivity contribution in [2.24, 2.45) is 5.92 Å². The largest absolute Gasteiger partial charge is 0.481 e. The first-order valence-electron chi connectivity index (χ1n) is 5.26. The minimum atomic E-state index is -3.36. The maximum Gasteiger partial charge on any atom is 0.303 e. The van der Waals surface area contributed by atoms with Crippen molar-refractivity contribution in [3.8, 4) is 0 Å². The van der Waals surface area contributed by atoms with E-state index in [0.29, 0.717) is 19.4 Å². The number of aliphatic carboxylic acids is 1. The van der Waals surface area contributed by atoms with E-state index in [1.54, 1.807) is 0 Å². The second kappa shape index (κ2) is 5.60. The minimum Gasteiger partial charge on any atom is -0.481 e. The minimum absolute atomic E-state index is 0.123. The molecule has 3 N–H and O–H groups in total. The fourth-order valence-corrected chi connectivity index (χ4v) is 2.76. The normalized spacial score (nSPS) is 25.1. The summed E-state index contributed by atoms with van der Waals surface area (Å²) in [5.74, 6) is -0.934. The van der Waals surface area contributed by atoms with Gasteiger partial charge in [-0.25, -0.2) is 13.1 Å². The molecule has 0 aromatic rings. The predicted octanol–water partition coefficient (Wildman–Crippen LogP) is -0.458. The molecule has 0 unspecified atom stereocenters. The summed E-state index contributed by atoms with van der Waals surface area (Å²) in [4.78, 5) is 10.2. The van der Waals surface area contributed by atoms with E-state index < -0.39 is 16.0 Å². The lowest BCUT2D eigenvalue weighted by Gasteiger charge is -2.31. The molecule has 0 aromatic carbocycles. The number of aliphatic hydroxyl groups excluding tert-OH is 1. The van der Waals surface area contributed by atoms with Crippen molar-refractivity contribution in [1.82, 2.24) is 4.72 Å². The Hall–Kier alpha value is -0.660. The van der Waals surface area contributed by atoms with Crippen LogP contribution in [-0.4, -0.2) is 43.0 Å². The van der Waals surface area contributed by atoms with Gasteiger partial charge in [-0.05, 0) is 25.2 Å². The quantitative estimate of drug-likeness (QED) is 0.568. The van der Waals surface area contributed by atoms with Crippen LogP contribution < -0.4 is 4.72 Å². The van der Waals surface area contributed by atoms with E-state index in [1.807, 2.05) is 0 Å². The van der Waals surface area contributed by atoms with Crippen LogP contribution in [0.15, 0.2) is 0 Å². The Morgan fingerprint density at radius 2 is 2.00 bits per heavy atom. The van der Waals surface area contributed by atoms with Crippen LogP contribution in [0.5, 0.6) is 0 Å². The Balaban J connectivity index is 2.16. The van der Waals surface area contributed by atoms with Crippen LogP contribution in [0, 0.1) is 5.92 Å². The number of carboxylic acid groups (broad SMARTS) is 1. The summed E-state index contributed by atoms with van der Waals surface area (Å²) in [6.45, 7) is 0.340. The third-order valence-electron chi connectivity index (χ3n) is 2.61. The standard InChI is InChI=1S/C9H17NO5S/c11-8-4-7(5-8)6-10-16(14,15)3-1-2-9(12)13/h7-8,10-11H,1-6H2,(H,12,13). The summed E-state index contributed by atoms with van der Waals surface area (Å²) < 4.78 is 25.2. The molecule has 94 valence electrons. The Morgan fingerprint density at radius 3 is 2.50 bits per heavy atom. The van der Waals surface area contributed by atoms with E-state index in [-0.39, 0.29) is 30.6 Å². The zero-order valence-corrected chi connectivity index (χ0v) is 9.74. The molecule has 0 spiro atoms. The fraction of sp³-hybridized carbons (Fsp3) is 0.889. The van der Waals surface area contributed by atoms with Crippen LogP contribution in [0.1, 0.15) is 25.7 Å². The van der Waals surface area contributed by atoms with Crippen LogP contribution in [-0.2, 0) is 14.8 Å². The van der Waals surface area contributed by atoms with Crippen molar-refractivity contribution >= 4 is 16.0 Å². The van der Waals surface area contributed by atoms with Crippen LogP contribution in [0.2, 0.25) is 0 Å². The van der Waals surface area contributed by atoms with Gasteiger partial charge in [0.1, 0.15) is 0 Å². The molecular weight excluding hydrogens is 234 g/mol. The van der Waals surface area contributed by atoms with Crippen molar-refractivity contribution in [2.45, 2.75) is 31.8 Å². The highest BCUT2D eigenvalue weighted by Gasteiger charge is 2.27. The first-order chi connectivity index (χ1) is 7.39. The molecule has 0 heterocycles. The molecule has 0 aromatic heterocycles. The molecule has 0 bridgehead atoms. The molecule has 1 saturated carbocycles. The lowest BCUT2D eigenvalue weighted by atomic mass is 9.83. The highest BCUT2D eigenvalue weighted by Crippen LogP contribution is 2.26. The average molecular weight is 251 g/mol. The molecule has 6 nitrogen and oxygen atoms in total. The van der Waals surface area contributed by atoms with Crippen LogP contribution in [0.3, 0.4) is 0 Å². The summed E-state index contributed by atoms with van der Waals surface area (Å²) in [5, 5.41) is 17.4. The number of sulfonamides is 1. The van der Waals surface area contributed by atoms with Crippen LogP contribution >= 0.6 is 0 Å². The smallest absolute Gasteiger partial charge is 0.303 e. The second-order valence-electron chi connectivity index (χ2n) is 4.16. The third-order valence-corrected chi connectivity index (χ3v) is 4.04. The topological polar surface area (TPSA) is 104 Å². The number of rotatable bonds is 7. The first-order valence-corrected chi connectivity index (χ1v) is 6.91. The van der Waals surface area contributed by atoms with Gasteiger partial charge in [-0.1, -0.05) is 0 Å². The van der Waals surface area contributed by atoms with Gasteiger partial charge in [0.15, 0.2) is 0 Å². The molecule has 1 fully saturated rings. The molecular formula is C9H17NO5S. The van der Waals surface area contributed by atoms with Crippen molar-refractivity contribution < 1.29 is 23.4 Å². The van der Waals surface area contributed by atoms with Gasteiger partial charge in [-0.2, -0.15) is 0 Å². The number of hydrogen-bond donors (Lipinski definition) is 3. The van der Waals surface area contributed by atoms with E-state index in [2.05, 4.69) is 4.72 Å². The van der Waals surface area contributed by atoms with Gasteiger partial charge in [-0.15, -0.1) is 0 Å². The third kappa shape index (κ3) is 4.91. The maximum absolute atomic E-state index is 11.4. The molecule has 1 aliphatic carbocycles. The van der Waals surface area contributed by atoms with Gasteiger partial charge in [0.25, 0.3) is 0 Å². The van der Waals surface area contributed by atoms with E-state index >= 15 is 0 Å².